The number of nitrogens with one attached hydrogen (secondary N) is 1. The molecule has 1 aromatic carbocycles. The monoisotopic (exact) mass is 375 g/mol. The fraction of sp³-hybridized carbons (Fsp3) is 0.154. The summed E-state index contributed by atoms with van der Waals surface area (Å²) in [5.74, 6) is -0.322. The number of benzene rings is 1. The second kappa shape index (κ2) is 6.29. The van der Waals surface area contributed by atoms with Crippen LogP contribution in [0.2, 0.25) is 0 Å². The number of rotatable bonds is 4. The van der Waals surface area contributed by atoms with Crippen molar-refractivity contribution in [3.63, 3.8) is 0 Å². The van der Waals surface area contributed by atoms with E-state index in [9.17, 15) is 9.18 Å². The number of carbonyl (C=O) groups excluding carboxylic acids is 1. The van der Waals surface area contributed by atoms with Crippen molar-refractivity contribution in [3.8, 4) is 0 Å². The van der Waals surface area contributed by atoms with Gasteiger partial charge in [0.2, 0.25) is 0 Å². The van der Waals surface area contributed by atoms with Crippen molar-refractivity contribution in [1.29, 1.82) is 0 Å². The molecule has 0 aliphatic carbocycles. The first-order chi connectivity index (χ1) is 8.65. The summed E-state index contributed by atoms with van der Waals surface area (Å²) >= 11 is 3.72. The standard InChI is InChI=1S/C13H11FINOS/c14-11-3-1-2-9(6-11)4-5-16-13(17)10-7-12(15)18-8-10/h1-3,6-8H,4-5H2,(H,16,17). The highest BCUT2D eigenvalue weighted by atomic mass is 127. The van der Waals surface area contributed by atoms with E-state index >= 15 is 0 Å². The smallest absolute Gasteiger partial charge is 0.252 e. The molecule has 0 bridgehead atoms. The van der Waals surface area contributed by atoms with Gasteiger partial charge in [0, 0.05) is 11.9 Å². The van der Waals surface area contributed by atoms with Gasteiger partial charge in [-0.3, -0.25) is 4.79 Å². The Morgan fingerprint density at radius 2 is 2.22 bits per heavy atom. The summed E-state index contributed by atoms with van der Waals surface area (Å²) in [6.45, 7) is 0.509. The Labute approximate surface area is 122 Å². The maximum atomic E-state index is 12.9. The SMILES string of the molecule is O=C(NCCc1cccc(F)c1)c1csc(I)c1. The molecule has 0 saturated heterocycles. The summed E-state index contributed by atoms with van der Waals surface area (Å²) in [7, 11) is 0. The lowest BCUT2D eigenvalue weighted by molar-refractivity contribution is 0.0954. The number of hydrogen-bond donors (Lipinski definition) is 1. The van der Waals surface area contributed by atoms with E-state index in [1.54, 1.807) is 17.4 Å². The highest BCUT2D eigenvalue weighted by Gasteiger charge is 2.06. The maximum absolute atomic E-state index is 12.9. The van der Waals surface area contributed by atoms with E-state index in [2.05, 4.69) is 27.9 Å². The van der Waals surface area contributed by atoms with Gasteiger partial charge in [-0.2, -0.15) is 0 Å². The van der Waals surface area contributed by atoms with Crippen LogP contribution >= 0.6 is 33.9 Å². The van der Waals surface area contributed by atoms with Crippen LogP contribution in [0.3, 0.4) is 0 Å². The molecule has 2 rings (SSSR count). The molecule has 0 aliphatic rings. The molecule has 1 aromatic heterocycles. The molecule has 1 N–H and O–H groups in total. The Morgan fingerprint density at radius 3 is 2.89 bits per heavy atom. The Hall–Kier alpha value is -0.950. The Bertz CT molecular complexity index is 555. The van der Waals surface area contributed by atoms with Crippen LogP contribution < -0.4 is 5.32 Å². The summed E-state index contributed by atoms with van der Waals surface area (Å²) in [6.07, 6.45) is 0.630. The van der Waals surface area contributed by atoms with Gasteiger partial charge in [-0.15, -0.1) is 11.3 Å². The number of thiophene rings is 1. The van der Waals surface area contributed by atoms with Crippen molar-refractivity contribution in [1.82, 2.24) is 5.32 Å². The van der Waals surface area contributed by atoms with Crippen LogP contribution in [0.1, 0.15) is 15.9 Å². The third kappa shape index (κ3) is 3.78. The minimum absolute atomic E-state index is 0.0782. The number of hydrogen-bond acceptors (Lipinski definition) is 2. The highest BCUT2D eigenvalue weighted by Crippen LogP contribution is 2.16. The predicted octanol–water partition coefficient (Wildman–Crippen LogP) is 3.46. The van der Waals surface area contributed by atoms with E-state index in [4.69, 9.17) is 0 Å². The number of carbonyl (C=O) groups is 1. The van der Waals surface area contributed by atoms with Gasteiger partial charge in [0.15, 0.2) is 0 Å². The van der Waals surface area contributed by atoms with Crippen LogP contribution in [0.5, 0.6) is 0 Å². The first-order valence-electron chi connectivity index (χ1n) is 5.42. The van der Waals surface area contributed by atoms with E-state index in [1.165, 1.54) is 12.1 Å². The Kier molecular flexibility index (Phi) is 4.71. The topological polar surface area (TPSA) is 29.1 Å². The lowest BCUT2D eigenvalue weighted by Crippen LogP contribution is -2.25. The van der Waals surface area contributed by atoms with Crippen molar-refractivity contribution in [2.75, 3.05) is 6.54 Å². The molecule has 1 amide bonds. The molecule has 2 nitrogen and oxygen atoms in total. The molecular formula is C13H11FINOS. The van der Waals surface area contributed by atoms with Crippen molar-refractivity contribution in [3.05, 3.63) is 55.5 Å². The minimum Gasteiger partial charge on any atom is -0.352 e. The summed E-state index contributed by atoms with van der Waals surface area (Å²) in [5.41, 5.74) is 1.57. The first-order valence-corrected chi connectivity index (χ1v) is 7.37. The zero-order chi connectivity index (χ0) is 13.0. The second-order valence-corrected chi connectivity index (χ2v) is 6.58. The number of amides is 1. The third-order valence-corrected chi connectivity index (χ3v) is 4.21. The van der Waals surface area contributed by atoms with Gasteiger partial charge in [0.05, 0.1) is 8.45 Å². The van der Waals surface area contributed by atoms with E-state index in [0.29, 0.717) is 18.5 Å². The fourth-order valence-corrected chi connectivity index (χ4v) is 2.87. The van der Waals surface area contributed by atoms with Crippen LogP contribution in [-0.4, -0.2) is 12.5 Å². The molecule has 5 heteroatoms. The number of halogens is 2. The minimum atomic E-state index is -0.244. The van der Waals surface area contributed by atoms with Crippen molar-refractivity contribution < 1.29 is 9.18 Å². The summed E-state index contributed by atoms with van der Waals surface area (Å²) in [5, 5.41) is 4.65. The molecule has 0 radical (unpaired) electrons. The van der Waals surface area contributed by atoms with Crippen LogP contribution in [0.4, 0.5) is 4.39 Å². The quantitative estimate of drug-likeness (QED) is 0.815. The molecule has 0 fully saturated rings. The molecule has 0 unspecified atom stereocenters. The Morgan fingerprint density at radius 1 is 1.39 bits per heavy atom. The average Bonchev–Trinajstić information content (AvgIpc) is 2.76. The largest absolute Gasteiger partial charge is 0.352 e. The molecule has 18 heavy (non-hydrogen) atoms. The third-order valence-electron chi connectivity index (χ3n) is 2.42. The summed E-state index contributed by atoms with van der Waals surface area (Å²) in [6, 6.07) is 8.27. The molecular weight excluding hydrogens is 364 g/mol. The van der Waals surface area contributed by atoms with Gasteiger partial charge < -0.3 is 5.32 Å². The van der Waals surface area contributed by atoms with Gasteiger partial charge in [-0.05, 0) is 52.8 Å². The van der Waals surface area contributed by atoms with E-state index in [-0.39, 0.29) is 11.7 Å². The van der Waals surface area contributed by atoms with Crippen LogP contribution in [0.15, 0.2) is 35.7 Å². The molecule has 2 aromatic rings. The summed E-state index contributed by atoms with van der Waals surface area (Å²) < 4.78 is 14.0. The molecule has 1 heterocycles. The zero-order valence-corrected chi connectivity index (χ0v) is 12.4. The molecule has 0 saturated carbocycles. The van der Waals surface area contributed by atoms with Gasteiger partial charge >= 0.3 is 0 Å². The lowest BCUT2D eigenvalue weighted by Gasteiger charge is -2.04. The summed E-state index contributed by atoms with van der Waals surface area (Å²) in [4.78, 5) is 11.7. The fourth-order valence-electron chi connectivity index (χ4n) is 1.54. The van der Waals surface area contributed by atoms with Crippen molar-refractivity contribution >= 4 is 39.8 Å². The van der Waals surface area contributed by atoms with Crippen LogP contribution in [0, 0.1) is 8.70 Å². The molecule has 0 aliphatic heterocycles. The van der Waals surface area contributed by atoms with Crippen molar-refractivity contribution in [2.24, 2.45) is 0 Å². The first kappa shape index (κ1) is 13.5. The highest BCUT2D eigenvalue weighted by molar-refractivity contribution is 14.1. The van der Waals surface area contributed by atoms with E-state index in [1.807, 2.05) is 17.5 Å². The van der Waals surface area contributed by atoms with Gasteiger partial charge in [0.25, 0.3) is 5.91 Å². The molecule has 0 spiro atoms. The van der Waals surface area contributed by atoms with Crippen LogP contribution in [0.25, 0.3) is 0 Å². The maximum Gasteiger partial charge on any atom is 0.252 e. The van der Waals surface area contributed by atoms with Crippen LogP contribution in [-0.2, 0) is 6.42 Å². The lowest BCUT2D eigenvalue weighted by atomic mass is 10.1. The van der Waals surface area contributed by atoms with E-state index in [0.717, 1.165) is 8.45 Å². The van der Waals surface area contributed by atoms with Gasteiger partial charge in [0.1, 0.15) is 5.82 Å². The average molecular weight is 375 g/mol. The van der Waals surface area contributed by atoms with E-state index < -0.39 is 0 Å². The Balaban J connectivity index is 1.84. The molecule has 0 atom stereocenters. The van der Waals surface area contributed by atoms with Gasteiger partial charge in [-0.1, -0.05) is 12.1 Å². The normalized spacial score (nSPS) is 10.3. The van der Waals surface area contributed by atoms with Crippen molar-refractivity contribution in [2.45, 2.75) is 6.42 Å². The zero-order valence-electron chi connectivity index (χ0n) is 9.45. The second-order valence-electron chi connectivity index (χ2n) is 3.78. The van der Waals surface area contributed by atoms with Gasteiger partial charge in [-0.25, -0.2) is 4.39 Å². The molecule has 94 valence electrons. The predicted molar refractivity (Wildman–Crippen MR) is 79.5 cm³/mol.